The molecule has 64 valence electrons. The molecule has 1 heterocycles. The Morgan fingerprint density at radius 2 is 2.23 bits per heavy atom. The van der Waals surface area contributed by atoms with Gasteiger partial charge in [-0.1, -0.05) is 18.1 Å². The minimum Gasteiger partial charge on any atom is -0.397 e. The molecule has 13 heavy (non-hydrogen) atoms. The Labute approximate surface area is 77.0 Å². The van der Waals surface area contributed by atoms with Gasteiger partial charge in [0.05, 0.1) is 17.7 Å². The molecule has 0 fully saturated rings. The Bertz CT molecular complexity index is 474. The molecule has 1 aromatic heterocycles. The van der Waals surface area contributed by atoms with Crippen molar-refractivity contribution < 1.29 is 0 Å². The second-order valence-electron chi connectivity index (χ2n) is 2.93. The number of rotatable bonds is 1. The predicted molar refractivity (Wildman–Crippen MR) is 55.2 cm³/mol. The molecule has 2 nitrogen and oxygen atoms in total. The lowest BCUT2D eigenvalue weighted by atomic mass is 10.2. The van der Waals surface area contributed by atoms with Gasteiger partial charge in [0.1, 0.15) is 0 Å². The molecule has 0 aliphatic rings. The summed E-state index contributed by atoms with van der Waals surface area (Å²) in [6.07, 6.45) is 7.21. The number of nitrogen functional groups attached to an aromatic ring is 1. The Morgan fingerprint density at radius 1 is 1.38 bits per heavy atom. The van der Waals surface area contributed by atoms with E-state index in [0.29, 0.717) is 6.54 Å². The number of aromatic nitrogens is 1. The first kappa shape index (κ1) is 7.75. The fraction of sp³-hybridized carbons (Fsp3) is 0.0909. The Kier molecular flexibility index (Phi) is 1.71. The van der Waals surface area contributed by atoms with E-state index in [9.17, 15) is 0 Å². The van der Waals surface area contributed by atoms with Crippen LogP contribution < -0.4 is 5.73 Å². The molecule has 0 atom stereocenters. The van der Waals surface area contributed by atoms with Gasteiger partial charge in [-0.2, -0.15) is 0 Å². The zero-order valence-corrected chi connectivity index (χ0v) is 7.20. The molecule has 0 radical (unpaired) electrons. The average Bonchev–Trinajstić information content (AvgIpc) is 2.51. The second kappa shape index (κ2) is 2.87. The zero-order valence-electron chi connectivity index (χ0n) is 7.20. The van der Waals surface area contributed by atoms with Gasteiger partial charge in [0.2, 0.25) is 0 Å². The van der Waals surface area contributed by atoms with Crippen molar-refractivity contribution in [3.05, 3.63) is 30.5 Å². The SMILES string of the molecule is C#CCn1ccc2cccc(N)c21. The number of hydrogen-bond donors (Lipinski definition) is 1. The minimum atomic E-state index is 0.567. The first-order valence-corrected chi connectivity index (χ1v) is 4.09. The molecule has 0 aliphatic carbocycles. The van der Waals surface area contributed by atoms with Crippen LogP contribution in [0.4, 0.5) is 5.69 Å². The van der Waals surface area contributed by atoms with Gasteiger partial charge in [-0.25, -0.2) is 0 Å². The molecule has 0 saturated carbocycles. The van der Waals surface area contributed by atoms with Crippen LogP contribution in [-0.4, -0.2) is 4.57 Å². The van der Waals surface area contributed by atoms with Crippen LogP contribution in [0.3, 0.4) is 0 Å². The molecule has 0 saturated heterocycles. The third-order valence-corrected chi connectivity index (χ3v) is 2.08. The molecule has 1 aromatic carbocycles. The number of fused-ring (bicyclic) bond motifs is 1. The van der Waals surface area contributed by atoms with E-state index in [2.05, 4.69) is 5.92 Å². The lowest BCUT2D eigenvalue weighted by Gasteiger charge is -2.02. The normalized spacial score (nSPS) is 10.1. The first-order valence-electron chi connectivity index (χ1n) is 4.09. The molecular formula is C11H10N2. The van der Waals surface area contributed by atoms with Gasteiger partial charge >= 0.3 is 0 Å². The number of terminal acetylenes is 1. The lowest BCUT2D eigenvalue weighted by Crippen LogP contribution is -1.96. The van der Waals surface area contributed by atoms with Gasteiger partial charge in [-0.05, 0) is 12.1 Å². The monoisotopic (exact) mass is 170 g/mol. The van der Waals surface area contributed by atoms with Crippen LogP contribution in [-0.2, 0) is 6.54 Å². The summed E-state index contributed by atoms with van der Waals surface area (Å²) in [6.45, 7) is 0.567. The smallest absolute Gasteiger partial charge is 0.0835 e. The maximum Gasteiger partial charge on any atom is 0.0835 e. The third-order valence-electron chi connectivity index (χ3n) is 2.08. The number of nitrogens with zero attached hydrogens (tertiary/aromatic N) is 1. The highest BCUT2D eigenvalue weighted by Crippen LogP contribution is 2.21. The van der Waals surface area contributed by atoms with Crippen LogP contribution in [0, 0.1) is 12.3 Å². The quantitative estimate of drug-likeness (QED) is 0.514. The van der Waals surface area contributed by atoms with Gasteiger partial charge in [0.25, 0.3) is 0 Å². The molecule has 2 heteroatoms. The molecule has 0 unspecified atom stereocenters. The van der Waals surface area contributed by atoms with Crippen molar-refractivity contribution >= 4 is 16.6 Å². The zero-order chi connectivity index (χ0) is 9.26. The van der Waals surface area contributed by atoms with Crippen LogP contribution in [0.2, 0.25) is 0 Å². The topological polar surface area (TPSA) is 30.9 Å². The van der Waals surface area contributed by atoms with Crippen LogP contribution >= 0.6 is 0 Å². The van der Waals surface area contributed by atoms with E-state index >= 15 is 0 Å². The summed E-state index contributed by atoms with van der Waals surface area (Å²) in [5.41, 5.74) is 7.65. The summed E-state index contributed by atoms with van der Waals surface area (Å²) in [6, 6.07) is 7.87. The molecule has 0 aliphatic heterocycles. The van der Waals surface area contributed by atoms with E-state index in [0.717, 1.165) is 16.6 Å². The van der Waals surface area contributed by atoms with E-state index in [4.69, 9.17) is 12.2 Å². The fourth-order valence-corrected chi connectivity index (χ4v) is 1.52. The summed E-state index contributed by atoms with van der Waals surface area (Å²) >= 11 is 0. The Balaban J connectivity index is 2.73. The molecular weight excluding hydrogens is 160 g/mol. The molecule has 0 bridgehead atoms. The molecule has 0 amide bonds. The first-order chi connectivity index (χ1) is 6.33. The van der Waals surface area contributed by atoms with E-state index in [-0.39, 0.29) is 0 Å². The van der Waals surface area contributed by atoms with Crippen LogP contribution in [0.15, 0.2) is 30.5 Å². The standard InChI is InChI=1S/C11H10N2/c1-2-7-13-8-6-9-4-3-5-10(12)11(9)13/h1,3-6,8H,7,12H2. The third kappa shape index (κ3) is 1.15. The van der Waals surface area contributed by atoms with Gasteiger partial charge < -0.3 is 10.3 Å². The van der Waals surface area contributed by atoms with Crippen molar-refractivity contribution in [1.29, 1.82) is 0 Å². The molecule has 2 N–H and O–H groups in total. The van der Waals surface area contributed by atoms with Crippen molar-refractivity contribution in [2.45, 2.75) is 6.54 Å². The van der Waals surface area contributed by atoms with Gasteiger partial charge in [0, 0.05) is 11.6 Å². The number of benzene rings is 1. The van der Waals surface area contributed by atoms with E-state index in [1.54, 1.807) is 0 Å². The number of para-hydroxylation sites is 1. The van der Waals surface area contributed by atoms with Gasteiger partial charge in [0.15, 0.2) is 0 Å². The lowest BCUT2D eigenvalue weighted by molar-refractivity contribution is 0.887. The predicted octanol–water partition coefficient (Wildman–Crippen LogP) is 1.86. The summed E-state index contributed by atoms with van der Waals surface area (Å²) in [4.78, 5) is 0. The summed E-state index contributed by atoms with van der Waals surface area (Å²) in [5.74, 6) is 2.60. The van der Waals surface area contributed by atoms with E-state index in [1.807, 2.05) is 35.0 Å². The number of anilines is 1. The Morgan fingerprint density at radius 3 is 3.00 bits per heavy atom. The van der Waals surface area contributed by atoms with Crippen molar-refractivity contribution in [3.8, 4) is 12.3 Å². The highest BCUT2D eigenvalue weighted by atomic mass is 15.0. The summed E-state index contributed by atoms with van der Waals surface area (Å²) in [7, 11) is 0. The van der Waals surface area contributed by atoms with Crippen molar-refractivity contribution in [2.24, 2.45) is 0 Å². The van der Waals surface area contributed by atoms with E-state index in [1.165, 1.54) is 0 Å². The molecule has 2 rings (SSSR count). The average molecular weight is 170 g/mol. The molecule has 0 spiro atoms. The van der Waals surface area contributed by atoms with E-state index < -0.39 is 0 Å². The minimum absolute atomic E-state index is 0.567. The maximum absolute atomic E-state index is 5.84. The fourth-order valence-electron chi connectivity index (χ4n) is 1.52. The van der Waals surface area contributed by atoms with Crippen molar-refractivity contribution in [2.75, 3.05) is 5.73 Å². The second-order valence-corrected chi connectivity index (χ2v) is 2.93. The van der Waals surface area contributed by atoms with Crippen molar-refractivity contribution in [3.63, 3.8) is 0 Å². The Hall–Kier alpha value is -1.88. The van der Waals surface area contributed by atoms with Crippen LogP contribution in [0.5, 0.6) is 0 Å². The molecule has 2 aromatic rings. The highest BCUT2D eigenvalue weighted by molar-refractivity contribution is 5.90. The largest absolute Gasteiger partial charge is 0.397 e. The van der Waals surface area contributed by atoms with Gasteiger partial charge in [-0.3, -0.25) is 0 Å². The number of hydrogen-bond acceptors (Lipinski definition) is 1. The van der Waals surface area contributed by atoms with Crippen LogP contribution in [0.25, 0.3) is 10.9 Å². The maximum atomic E-state index is 5.84. The summed E-state index contributed by atoms with van der Waals surface area (Å²) in [5, 5.41) is 1.13. The summed E-state index contributed by atoms with van der Waals surface area (Å²) < 4.78 is 1.98. The van der Waals surface area contributed by atoms with Crippen molar-refractivity contribution in [1.82, 2.24) is 4.57 Å². The highest BCUT2D eigenvalue weighted by Gasteiger charge is 2.01. The van der Waals surface area contributed by atoms with Crippen LogP contribution in [0.1, 0.15) is 0 Å². The number of nitrogens with two attached hydrogens (primary N) is 1. The van der Waals surface area contributed by atoms with Gasteiger partial charge in [-0.15, -0.1) is 6.42 Å².